The first-order valence-electron chi connectivity index (χ1n) is 6.75. The molecular weight excluding hydrogens is 336 g/mol. The molecule has 1 heterocycles. The number of nitrogens with zero attached hydrogens (tertiary/aromatic N) is 3. The first kappa shape index (κ1) is 17.2. The average Bonchev–Trinajstić information content (AvgIpc) is 3.01. The Morgan fingerprint density at radius 2 is 2.17 bits per heavy atom. The molecule has 0 aliphatic rings. The lowest BCUT2D eigenvalue weighted by atomic mass is 10.1. The Balaban J connectivity index is 2.11. The molecule has 10 heteroatoms. The van der Waals surface area contributed by atoms with Crippen molar-refractivity contribution >= 4 is 40.2 Å². The van der Waals surface area contributed by atoms with Crippen molar-refractivity contribution < 1.29 is 19.2 Å². The Morgan fingerprint density at radius 3 is 2.88 bits per heavy atom. The maximum absolute atomic E-state index is 11.9. The number of ether oxygens (including phenoxy) is 1. The normalized spacial score (nSPS) is 10.5. The van der Waals surface area contributed by atoms with E-state index in [9.17, 15) is 19.7 Å². The lowest BCUT2D eigenvalue weighted by Crippen LogP contribution is -2.12. The van der Waals surface area contributed by atoms with Crippen molar-refractivity contribution in [3.63, 3.8) is 0 Å². The number of hydrogen-bond acceptors (Lipinski definition) is 8. The number of rotatable bonds is 6. The van der Waals surface area contributed by atoms with Crippen LogP contribution in [0.25, 0.3) is 6.08 Å². The molecule has 2 rings (SSSR count). The molecule has 0 spiro atoms. The molecule has 0 radical (unpaired) electrons. The fourth-order valence-corrected chi connectivity index (χ4v) is 2.28. The van der Waals surface area contributed by atoms with Gasteiger partial charge in [-0.1, -0.05) is 16.6 Å². The molecule has 9 nitrogen and oxygen atoms in total. The second-order valence-electron chi connectivity index (χ2n) is 4.31. The number of esters is 1. The highest BCUT2D eigenvalue weighted by Crippen LogP contribution is 2.20. The maximum atomic E-state index is 11.9. The van der Waals surface area contributed by atoms with Gasteiger partial charge in [0.15, 0.2) is 5.00 Å². The van der Waals surface area contributed by atoms with E-state index < -0.39 is 16.8 Å². The minimum Gasteiger partial charge on any atom is -0.461 e. The van der Waals surface area contributed by atoms with Gasteiger partial charge in [-0.2, -0.15) is 0 Å². The highest BCUT2D eigenvalue weighted by molar-refractivity contribution is 7.10. The molecule has 0 unspecified atom stereocenters. The Labute approximate surface area is 140 Å². The Kier molecular flexibility index (Phi) is 5.68. The fraction of sp³-hybridized carbons (Fsp3) is 0.143. The van der Waals surface area contributed by atoms with E-state index in [0.717, 1.165) is 17.6 Å². The van der Waals surface area contributed by atoms with E-state index in [2.05, 4.69) is 14.9 Å². The summed E-state index contributed by atoms with van der Waals surface area (Å²) < 4.78 is 8.40. The third-order valence-electron chi connectivity index (χ3n) is 2.74. The standard InChI is InChI=1S/C14H12N4O5S/c1-2-23-14(20)12-13(24-17-16-12)15-11(19)8-7-9-5-3-4-6-10(9)18(21)22/h3-8H,2H2,1H3,(H,15,19)/b8-7+. The summed E-state index contributed by atoms with van der Waals surface area (Å²) in [4.78, 5) is 33.9. The van der Waals surface area contributed by atoms with Crippen LogP contribution in [0.2, 0.25) is 0 Å². The second-order valence-corrected chi connectivity index (χ2v) is 5.06. The summed E-state index contributed by atoms with van der Waals surface area (Å²) >= 11 is 0.826. The molecule has 0 aliphatic carbocycles. The van der Waals surface area contributed by atoms with E-state index in [-0.39, 0.29) is 28.6 Å². The number of nitro groups is 1. The number of benzene rings is 1. The topological polar surface area (TPSA) is 124 Å². The molecule has 0 saturated heterocycles. The summed E-state index contributed by atoms with van der Waals surface area (Å²) in [5.41, 5.74) is 0.0770. The molecular formula is C14H12N4O5S. The van der Waals surface area contributed by atoms with Gasteiger partial charge in [0.2, 0.25) is 11.6 Å². The third-order valence-corrected chi connectivity index (χ3v) is 3.38. The minimum absolute atomic E-state index is 0.0886. The SMILES string of the molecule is CCOC(=O)c1nnsc1NC(=O)/C=C/c1ccccc1[N+](=O)[O-]. The number of nitro benzene ring substituents is 1. The van der Waals surface area contributed by atoms with Gasteiger partial charge in [0.1, 0.15) is 0 Å². The molecule has 1 N–H and O–H groups in total. The molecule has 24 heavy (non-hydrogen) atoms. The van der Waals surface area contributed by atoms with Gasteiger partial charge in [-0.25, -0.2) is 4.79 Å². The first-order chi connectivity index (χ1) is 11.5. The number of carbonyl (C=O) groups is 2. The Morgan fingerprint density at radius 1 is 1.42 bits per heavy atom. The predicted octanol–water partition coefficient (Wildman–Crippen LogP) is 2.27. The van der Waals surface area contributed by atoms with Crippen LogP contribution in [-0.4, -0.2) is 33.0 Å². The van der Waals surface area contributed by atoms with Gasteiger partial charge in [-0.15, -0.1) is 5.10 Å². The van der Waals surface area contributed by atoms with E-state index in [1.807, 2.05) is 0 Å². The molecule has 124 valence electrons. The second kappa shape index (κ2) is 7.92. The third kappa shape index (κ3) is 4.20. The van der Waals surface area contributed by atoms with Crippen LogP contribution < -0.4 is 5.32 Å². The number of anilines is 1. The van der Waals surface area contributed by atoms with Crippen LogP contribution in [-0.2, 0) is 9.53 Å². The zero-order valence-electron chi connectivity index (χ0n) is 12.5. The summed E-state index contributed by atoms with van der Waals surface area (Å²) in [5.74, 6) is -1.27. The zero-order valence-corrected chi connectivity index (χ0v) is 13.3. The number of para-hydroxylation sites is 1. The van der Waals surface area contributed by atoms with E-state index >= 15 is 0 Å². The van der Waals surface area contributed by atoms with Gasteiger partial charge in [0.25, 0.3) is 5.69 Å². The molecule has 2 aromatic rings. The van der Waals surface area contributed by atoms with Crippen LogP contribution in [0.15, 0.2) is 30.3 Å². The molecule has 1 amide bonds. The van der Waals surface area contributed by atoms with Crippen molar-refractivity contribution in [2.45, 2.75) is 6.92 Å². The number of amides is 1. The van der Waals surface area contributed by atoms with Gasteiger partial charge in [-0.05, 0) is 19.1 Å². The van der Waals surface area contributed by atoms with Crippen LogP contribution in [0.5, 0.6) is 0 Å². The highest BCUT2D eigenvalue weighted by Gasteiger charge is 2.19. The number of nitrogens with one attached hydrogen (secondary N) is 1. The van der Waals surface area contributed by atoms with E-state index in [1.165, 1.54) is 24.3 Å². The monoisotopic (exact) mass is 348 g/mol. The van der Waals surface area contributed by atoms with Gasteiger partial charge in [0.05, 0.1) is 17.1 Å². The lowest BCUT2D eigenvalue weighted by molar-refractivity contribution is -0.385. The molecule has 1 aromatic heterocycles. The summed E-state index contributed by atoms with van der Waals surface area (Å²) in [6.45, 7) is 1.81. The van der Waals surface area contributed by atoms with Crippen LogP contribution in [0, 0.1) is 10.1 Å². The van der Waals surface area contributed by atoms with Crippen LogP contribution in [0.4, 0.5) is 10.7 Å². The predicted molar refractivity (Wildman–Crippen MR) is 86.6 cm³/mol. The molecule has 0 aliphatic heterocycles. The molecule has 0 saturated carbocycles. The van der Waals surface area contributed by atoms with Crippen molar-refractivity contribution in [1.29, 1.82) is 0 Å². The van der Waals surface area contributed by atoms with Crippen LogP contribution >= 0.6 is 11.5 Å². The Bertz CT molecular complexity index is 802. The lowest BCUT2D eigenvalue weighted by Gasteiger charge is -2.01. The molecule has 0 atom stereocenters. The van der Waals surface area contributed by atoms with E-state index in [0.29, 0.717) is 0 Å². The van der Waals surface area contributed by atoms with Crippen molar-refractivity contribution in [2.24, 2.45) is 0 Å². The maximum Gasteiger partial charge on any atom is 0.362 e. The summed E-state index contributed by atoms with van der Waals surface area (Å²) in [6, 6.07) is 6.00. The van der Waals surface area contributed by atoms with Gasteiger partial charge in [0, 0.05) is 23.7 Å². The molecule has 1 aromatic carbocycles. The van der Waals surface area contributed by atoms with Gasteiger partial charge >= 0.3 is 5.97 Å². The number of hydrogen-bond donors (Lipinski definition) is 1. The van der Waals surface area contributed by atoms with Crippen molar-refractivity contribution in [2.75, 3.05) is 11.9 Å². The first-order valence-corrected chi connectivity index (χ1v) is 7.52. The van der Waals surface area contributed by atoms with Gasteiger partial charge in [-0.3, -0.25) is 14.9 Å². The van der Waals surface area contributed by atoms with Crippen molar-refractivity contribution in [1.82, 2.24) is 9.59 Å². The fourth-order valence-electron chi connectivity index (χ4n) is 1.72. The van der Waals surface area contributed by atoms with E-state index in [1.54, 1.807) is 13.0 Å². The van der Waals surface area contributed by atoms with Crippen molar-refractivity contribution in [3.8, 4) is 0 Å². The number of carbonyl (C=O) groups excluding carboxylic acids is 2. The Hall–Kier alpha value is -3.14. The zero-order chi connectivity index (χ0) is 17.5. The summed E-state index contributed by atoms with van der Waals surface area (Å²) in [5, 5.41) is 17.1. The van der Waals surface area contributed by atoms with Crippen LogP contribution in [0.1, 0.15) is 23.0 Å². The largest absolute Gasteiger partial charge is 0.461 e. The summed E-state index contributed by atoms with van der Waals surface area (Å²) in [6.07, 6.45) is 2.43. The molecule has 0 bridgehead atoms. The number of aromatic nitrogens is 2. The summed E-state index contributed by atoms with van der Waals surface area (Å²) in [7, 11) is 0. The average molecular weight is 348 g/mol. The van der Waals surface area contributed by atoms with Crippen LogP contribution in [0.3, 0.4) is 0 Å². The minimum atomic E-state index is -0.691. The van der Waals surface area contributed by atoms with Crippen molar-refractivity contribution in [3.05, 3.63) is 51.7 Å². The smallest absolute Gasteiger partial charge is 0.362 e. The highest BCUT2D eigenvalue weighted by atomic mass is 32.1. The quantitative estimate of drug-likeness (QED) is 0.367. The van der Waals surface area contributed by atoms with E-state index in [4.69, 9.17) is 4.74 Å². The molecule has 0 fully saturated rings. The van der Waals surface area contributed by atoms with Gasteiger partial charge < -0.3 is 10.1 Å².